The first-order chi connectivity index (χ1) is 8.56. The third kappa shape index (κ3) is 3.20. The molecule has 2 rings (SSSR count). The van der Waals surface area contributed by atoms with Crippen molar-refractivity contribution in [1.82, 2.24) is 15.3 Å². The lowest BCUT2D eigenvalue weighted by Crippen LogP contribution is -2.27. The van der Waals surface area contributed by atoms with E-state index in [1.165, 1.54) is 0 Å². The first-order valence-electron chi connectivity index (χ1n) is 5.32. The van der Waals surface area contributed by atoms with Crippen LogP contribution in [0.1, 0.15) is 29.1 Å². The Balaban J connectivity index is 2.05. The standard InChI is InChI=1S/C12H11Br2N3O/c1-7(10-3-2-8(13)5-15-10)17-12(18)11-4-9(14)6-16-11/h2-7,16H,1H3,(H,17,18). The van der Waals surface area contributed by atoms with E-state index in [2.05, 4.69) is 47.1 Å². The summed E-state index contributed by atoms with van der Waals surface area (Å²) in [6, 6.07) is 5.36. The van der Waals surface area contributed by atoms with Crippen molar-refractivity contribution in [2.24, 2.45) is 0 Å². The quantitative estimate of drug-likeness (QED) is 0.867. The molecule has 0 aliphatic carbocycles. The molecule has 0 bridgehead atoms. The summed E-state index contributed by atoms with van der Waals surface area (Å²) in [7, 11) is 0. The molecule has 1 unspecified atom stereocenters. The van der Waals surface area contributed by atoms with Gasteiger partial charge in [-0.25, -0.2) is 0 Å². The van der Waals surface area contributed by atoms with Crippen LogP contribution in [-0.4, -0.2) is 15.9 Å². The summed E-state index contributed by atoms with van der Waals surface area (Å²) in [4.78, 5) is 19.0. The Labute approximate surface area is 121 Å². The summed E-state index contributed by atoms with van der Waals surface area (Å²) in [5.41, 5.74) is 1.34. The molecule has 18 heavy (non-hydrogen) atoms. The van der Waals surface area contributed by atoms with Gasteiger partial charge in [-0.05, 0) is 57.0 Å². The third-order valence-electron chi connectivity index (χ3n) is 2.43. The lowest BCUT2D eigenvalue weighted by atomic mass is 10.2. The highest BCUT2D eigenvalue weighted by atomic mass is 79.9. The van der Waals surface area contributed by atoms with Crippen molar-refractivity contribution in [2.75, 3.05) is 0 Å². The van der Waals surface area contributed by atoms with Gasteiger partial charge >= 0.3 is 0 Å². The van der Waals surface area contributed by atoms with Crippen LogP contribution >= 0.6 is 31.9 Å². The number of halogens is 2. The normalized spacial score (nSPS) is 12.2. The molecule has 0 fully saturated rings. The van der Waals surface area contributed by atoms with Gasteiger partial charge in [0.15, 0.2) is 0 Å². The molecule has 0 aliphatic rings. The number of aromatic amines is 1. The predicted molar refractivity (Wildman–Crippen MR) is 76.3 cm³/mol. The molecule has 2 aromatic rings. The number of amides is 1. The largest absolute Gasteiger partial charge is 0.356 e. The van der Waals surface area contributed by atoms with E-state index in [1.54, 1.807) is 18.5 Å². The monoisotopic (exact) mass is 371 g/mol. The SMILES string of the molecule is CC(NC(=O)c1cc(Br)c[nH]1)c1ccc(Br)cn1. The van der Waals surface area contributed by atoms with E-state index in [1.807, 2.05) is 19.1 Å². The summed E-state index contributed by atoms with van der Waals surface area (Å²) in [5, 5.41) is 2.88. The Hall–Kier alpha value is -1.14. The number of nitrogens with zero attached hydrogens (tertiary/aromatic N) is 1. The second-order valence-electron chi connectivity index (χ2n) is 3.83. The minimum atomic E-state index is -0.155. The molecule has 4 nitrogen and oxygen atoms in total. The highest BCUT2D eigenvalue weighted by molar-refractivity contribution is 9.10. The minimum absolute atomic E-state index is 0.146. The van der Waals surface area contributed by atoms with Crippen LogP contribution in [0.5, 0.6) is 0 Å². The van der Waals surface area contributed by atoms with Gasteiger partial charge in [0.1, 0.15) is 5.69 Å². The Morgan fingerprint density at radius 3 is 2.72 bits per heavy atom. The fourth-order valence-electron chi connectivity index (χ4n) is 1.49. The van der Waals surface area contributed by atoms with Crippen molar-refractivity contribution in [3.63, 3.8) is 0 Å². The van der Waals surface area contributed by atoms with Gasteiger partial charge in [0.25, 0.3) is 5.91 Å². The highest BCUT2D eigenvalue weighted by Gasteiger charge is 2.13. The van der Waals surface area contributed by atoms with E-state index in [0.717, 1.165) is 14.6 Å². The Bertz CT molecular complexity index is 551. The number of rotatable bonds is 3. The van der Waals surface area contributed by atoms with E-state index in [4.69, 9.17) is 0 Å². The Morgan fingerprint density at radius 1 is 1.39 bits per heavy atom. The molecular weight excluding hydrogens is 362 g/mol. The fourth-order valence-corrected chi connectivity index (χ4v) is 2.07. The van der Waals surface area contributed by atoms with E-state index < -0.39 is 0 Å². The molecule has 0 radical (unpaired) electrons. The van der Waals surface area contributed by atoms with Crippen LogP contribution in [0.2, 0.25) is 0 Å². The summed E-state index contributed by atoms with van der Waals surface area (Å²) < 4.78 is 1.76. The molecule has 0 aromatic carbocycles. The first kappa shape index (κ1) is 13.3. The van der Waals surface area contributed by atoms with Crippen LogP contribution in [0.25, 0.3) is 0 Å². The van der Waals surface area contributed by atoms with Crippen LogP contribution in [0, 0.1) is 0 Å². The number of carbonyl (C=O) groups excluding carboxylic acids is 1. The zero-order valence-corrected chi connectivity index (χ0v) is 12.7. The number of aromatic nitrogens is 2. The van der Waals surface area contributed by atoms with Crippen molar-refractivity contribution in [2.45, 2.75) is 13.0 Å². The van der Waals surface area contributed by atoms with Crippen molar-refractivity contribution in [1.29, 1.82) is 0 Å². The number of nitrogens with one attached hydrogen (secondary N) is 2. The molecule has 2 N–H and O–H groups in total. The lowest BCUT2D eigenvalue weighted by molar-refractivity contribution is 0.0934. The van der Waals surface area contributed by atoms with Crippen LogP contribution in [0.15, 0.2) is 39.5 Å². The van der Waals surface area contributed by atoms with Gasteiger partial charge in [-0.3, -0.25) is 9.78 Å². The van der Waals surface area contributed by atoms with E-state index in [0.29, 0.717) is 5.69 Å². The molecule has 1 amide bonds. The number of hydrogen-bond donors (Lipinski definition) is 2. The van der Waals surface area contributed by atoms with E-state index in [-0.39, 0.29) is 11.9 Å². The minimum Gasteiger partial charge on any atom is -0.356 e. The van der Waals surface area contributed by atoms with E-state index in [9.17, 15) is 4.79 Å². The second kappa shape index (κ2) is 5.67. The molecule has 94 valence electrons. The molecule has 2 aromatic heterocycles. The summed E-state index contributed by atoms with van der Waals surface area (Å²) in [6.45, 7) is 1.89. The predicted octanol–water partition coefficient (Wildman–Crippen LogP) is 3.43. The highest BCUT2D eigenvalue weighted by Crippen LogP contribution is 2.15. The second-order valence-corrected chi connectivity index (χ2v) is 5.66. The van der Waals surface area contributed by atoms with Crippen LogP contribution in [-0.2, 0) is 0 Å². The third-order valence-corrected chi connectivity index (χ3v) is 3.36. The first-order valence-corrected chi connectivity index (χ1v) is 6.91. The topological polar surface area (TPSA) is 57.8 Å². The van der Waals surface area contributed by atoms with Gasteiger partial charge in [0, 0.05) is 21.3 Å². The molecule has 0 aliphatic heterocycles. The molecule has 2 heterocycles. The summed E-state index contributed by atoms with van der Waals surface area (Å²) >= 11 is 6.62. The number of pyridine rings is 1. The Morgan fingerprint density at radius 2 is 2.17 bits per heavy atom. The summed E-state index contributed by atoms with van der Waals surface area (Å²) in [6.07, 6.45) is 3.43. The molecule has 6 heteroatoms. The van der Waals surface area contributed by atoms with Crippen LogP contribution in [0.4, 0.5) is 0 Å². The van der Waals surface area contributed by atoms with Crippen molar-refractivity contribution in [3.8, 4) is 0 Å². The maximum Gasteiger partial charge on any atom is 0.268 e. The zero-order valence-electron chi connectivity index (χ0n) is 9.58. The molecule has 0 saturated heterocycles. The maximum absolute atomic E-state index is 11.9. The Kier molecular flexibility index (Phi) is 4.19. The lowest BCUT2D eigenvalue weighted by Gasteiger charge is -2.12. The van der Waals surface area contributed by atoms with Crippen molar-refractivity contribution >= 4 is 37.8 Å². The molecule has 1 atom stereocenters. The molecule has 0 saturated carbocycles. The van der Waals surface area contributed by atoms with Gasteiger partial charge in [-0.1, -0.05) is 0 Å². The van der Waals surface area contributed by atoms with Crippen LogP contribution < -0.4 is 5.32 Å². The van der Waals surface area contributed by atoms with Crippen molar-refractivity contribution < 1.29 is 4.79 Å². The summed E-state index contributed by atoms with van der Waals surface area (Å²) in [5.74, 6) is -0.155. The number of H-pyrrole nitrogens is 1. The number of carbonyl (C=O) groups is 1. The van der Waals surface area contributed by atoms with Crippen molar-refractivity contribution in [3.05, 3.63) is 50.9 Å². The van der Waals surface area contributed by atoms with Gasteiger partial charge in [-0.2, -0.15) is 0 Å². The van der Waals surface area contributed by atoms with Gasteiger partial charge < -0.3 is 10.3 Å². The maximum atomic E-state index is 11.9. The average Bonchev–Trinajstić information content (AvgIpc) is 2.76. The van der Waals surface area contributed by atoms with Gasteiger partial charge in [-0.15, -0.1) is 0 Å². The average molecular weight is 373 g/mol. The van der Waals surface area contributed by atoms with E-state index >= 15 is 0 Å². The fraction of sp³-hybridized carbons (Fsp3) is 0.167. The van der Waals surface area contributed by atoms with Gasteiger partial charge in [0.2, 0.25) is 0 Å². The van der Waals surface area contributed by atoms with Gasteiger partial charge in [0.05, 0.1) is 11.7 Å². The molecule has 0 spiro atoms. The number of hydrogen-bond acceptors (Lipinski definition) is 2. The van der Waals surface area contributed by atoms with Crippen LogP contribution in [0.3, 0.4) is 0 Å². The smallest absolute Gasteiger partial charge is 0.268 e. The zero-order chi connectivity index (χ0) is 13.1. The molecular formula is C12H11Br2N3O.